The van der Waals surface area contributed by atoms with Crippen molar-refractivity contribution in [1.82, 2.24) is 19.5 Å². The second kappa shape index (κ2) is 5.58. The Balaban J connectivity index is 2.13. The molecule has 20 heavy (non-hydrogen) atoms. The zero-order valence-electron chi connectivity index (χ0n) is 11.4. The maximum atomic E-state index is 12.2. The van der Waals surface area contributed by atoms with Crippen molar-refractivity contribution < 1.29 is 13.2 Å². The summed E-state index contributed by atoms with van der Waals surface area (Å²) in [5.41, 5.74) is 0.482. The smallest absolute Gasteiger partial charge is 0.254 e. The van der Waals surface area contributed by atoms with Crippen LogP contribution in [-0.2, 0) is 14.6 Å². The molecule has 2 aromatic heterocycles. The maximum absolute atomic E-state index is 12.2. The van der Waals surface area contributed by atoms with Gasteiger partial charge < -0.3 is 4.90 Å². The quantitative estimate of drug-likeness (QED) is 0.796. The predicted molar refractivity (Wildman–Crippen MR) is 73.0 cm³/mol. The van der Waals surface area contributed by atoms with Gasteiger partial charge in [-0.1, -0.05) is 6.07 Å². The van der Waals surface area contributed by atoms with Crippen LogP contribution in [0.2, 0.25) is 0 Å². The molecule has 2 heterocycles. The van der Waals surface area contributed by atoms with Crippen molar-refractivity contribution in [2.45, 2.75) is 18.0 Å². The third-order valence-corrected chi connectivity index (χ3v) is 4.52. The van der Waals surface area contributed by atoms with Gasteiger partial charge in [0.2, 0.25) is 15.7 Å². The zero-order valence-corrected chi connectivity index (χ0v) is 12.2. The van der Waals surface area contributed by atoms with E-state index >= 15 is 0 Å². The molecule has 1 amide bonds. The number of fused-ring (bicyclic) bond motifs is 1. The van der Waals surface area contributed by atoms with Gasteiger partial charge in [0.1, 0.15) is 0 Å². The molecule has 2 rings (SSSR count). The Kier molecular flexibility index (Phi) is 4.03. The molecule has 0 aliphatic heterocycles. The Morgan fingerprint density at radius 1 is 1.30 bits per heavy atom. The lowest BCUT2D eigenvalue weighted by Crippen LogP contribution is -2.22. The highest BCUT2D eigenvalue weighted by Gasteiger charge is 2.21. The minimum atomic E-state index is -3.55. The van der Waals surface area contributed by atoms with Crippen LogP contribution in [0, 0.1) is 0 Å². The SMILES string of the molecule is CN(C)C(=O)CCCS(=O)(=O)c1nnc2ccccn12. The average Bonchev–Trinajstić information content (AvgIpc) is 2.82. The van der Waals surface area contributed by atoms with Crippen molar-refractivity contribution in [1.29, 1.82) is 0 Å². The van der Waals surface area contributed by atoms with Crippen LogP contribution < -0.4 is 0 Å². The van der Waals surface area contributed by atoms with E-state index in [0.717, 1.165) is 0 Å². The number of aromatic nitrogens is 3. The molecule has 0 aromatic carbocycles. The van der Waals surface area contributed by atoms with Crippen molar-refractivity contribution in [2.24, 2.45) is 0 Å². The molecule has 0 saturated carbocycles. The number of rotatable bonds is 5. The van der Waals surface area contributed by atoms with Crippen molar-refractivity contribution in [3.05, 3.63) is 24.4 Å². The number of carbonyl (C=O) groups is 1. The highest BCUT2D eigenvalue weighted by molar-refractivity contribution is 7.91. The van der Waals surface area contributed by atoms with E-state index < -0.39 is 9.84 Å². The van der Waals surface area contributed by atoms with Gasteiger partial charge in [-0.3, -0.25) is 9.20 Å². The van der Waals surface area contributed by atoms with E-state index in [4.69, 9.17) is 0 Å². The van der Waals surface area contributed by atoms with Crippen LogP contribution in [-0.4, -0.2) is 53.7 Å². The largest absolute Gasteiger partial charge is 0.349 e. The molecule has 0 unspecified atom stereocenters. The lowest BCUT2D eigenvalue weighted by Gasteiger charge is -2.09. The normalized spacial score (nSPS) is 11.7. The maximum Gasteiger partial charge on any atom is 0.254 e. The van der Waals surface area contributed by atoms with Crippen LogP contribution in [0.1, 0.15) is 12.8 Å². The molecule has 2 aromatic rings. The van der Waals surface area contributed by atoms with E-state index in [9.17, 15) is 13.2 Å². The first-order valence-electron chi connectivity index (χ1n) is 6.14. The van der Waals surface area contributed by atoms with Crippen molar-refractivity contribution in [2.75, 3.05) is 19.8 Å². The molecule has 108 valence electrons. The Morgan fingerprint density at radius 3 is 2.75 bits per heavy atom. The van der Waals surface area contributed by atoms with Crippen LogP contribution in [0.15, 0.2) is 29.6 Å². The van der Waals surface area contributed by atoms with Gasteiger partial charge >= 0.3 is 0 Å². The minimum absolute atomic E-state index is 0.0783. The van der Waals surface area contributed by atoms with Crippen LogP contribution in [0.4, 0.5) is 0 Å². The number of hydrogen-bond donors (Lipinski definition) is 0. The number of nitrogens with zero attached hydrogens (tertiary/aromatic N) is 4. The van der Waals surface area contributed by atoms with Gasteiger partial charge in [0.25, 0.3) is 5.16 Å². The predicted octanol–water partition coefficient (Wildman–Crippen LogP) is 0.371. The third kappa shape index (κ3) is 2.96. The summed E-state index contributed by atoms with van der Waals surface area (Å²) in [7, 11) is -0.263. The van der Waals surface area contributed by atoms with Gasteiger partial charge in [-0.2, -0.15) is 0 Å². The number of sulfone groups is 1. The average molecular weight is 296 g/mol. The highest BCUT2D eigenvalue weighted by Crippen LogP contribution is 2.12. The zero-order chi connectivity index (χ0) is 14.8. The Hall–Kier alpha value is -1.96. The van der Waals surface area contributed by atoms with E-state index in [2.05, 4.69) is 10.2 Å². The van der Waals surface area contributed by atoms with E-state index in [0.29, 0.717) is 5.65 Å². The molecule has 0 aliphatic rings. The molecule has 0 fully saturated rings. The van der Waals surface area contributed by atoms with E-state index in [1.807, 2.05) is 0 Å². The number of pyridine rings is 1. The highest BCUT2D eigenvalue weighted by atomic mass is 32.2. The molecule has 0 saturated heterocycles. The van der Waals surface area contributed by atoms with Crippen molar-refractivity contribution in [3.63, 3.8) is 0 Å². The summed E-state index contributed by atoms with van der Waals surface area (Å²) in [5.74, 6) is -0.214. The van der Waals surface area contributed by atoms with Gasteiger partial charge in [-0.15, -0.1) is 10.2 Å². The van der Waals surface area contributed by atoms with Gasteiger partial charge in [0.05, 0.1) is 5.75 Å². The fraction of sp³-hybridized carbons (Fsp3) is 0.417. The third-order valence-electron chi connectivity index (χ3n) is 2.86. The topological polar surface area (TPSA) is 84.6 Å². The summed E-state index contributed by atoms with van der Waals surface area (Å²) in [6.07, 6.45) is 2.07. The fourth-order valence-corrected chi connectivity index (χ4v) is 3.09. The van der Waals surface area contributed by atoms with Crippen LogP contribution in [0.3, 0.4) is 0 Å². The first kappa shape index (κ1) is 14.4. The molecule has 7 nitrogen and oxygen atoms in total. The second-order valence-electron chi connectivity index (χ2n) is 4.62. The molecule has 0 N–H and O–H groups in total. The monoisotopic (exact) mass is 296 g/mol. The standard InChI is InChI=1S/C12H16N4O3S/c1-15(2)11(17)7-5-9-20(18,19)12-14-13-10-6-3-4-8-16(10)12/h3-4,6,8H,5,7,9H2,1-2H3. The molecule has 0 aliphatic carbocycles. The number of hydrogen-bond acceptors (Lipinski definition) is 5. The molecular weight excluding hydrogens is 280 g/mol. The van der Waals surface area contributed by atoms with Gasteiger partial charge in [0, 0.05) is 26.7 Å². The van der Waals surface area contributed by atoms with E-state index in [1.165, 1.54) is 9.30 Å². The first-order valence-corrected chi connectivity index (χ1v) is 7.80. The Labute approximate surface area is 117 Å². The Morgan fingerprint density at radius 2 is 2.05 bits per heavy atom. The minimum Gasteiger partial charge on any atom is -0.349 e. The lowest BCUT2D eigenvalue weighted by molar-refractivity contribution is -0.128. The first-order chi connectivity index (χ1) is 9.42. The summed E-state index contributed by atoms with van der Waals surface area (Å²) < 4.78 is 25.9. The van der Waals surface area contributed by atoms with Gasteiger partial charge in [-0.05, 0) is 18.6 Å². The van der Waals surface area contributed by atoms with E-state index in [1.54, 1.807) is 38.5 Å². The van der Waals surface area contributed by atoms with Crippen LogP contribution in [0.25, 0.3) is 5.65 Å². The molecule has 0 radical (unpaired) electrons. The second-order valence-corrected chi connectivity index (χ2v) is 6.62. The van der Waals surface area contributed by atoms with Crippen molar-refractivity contribution in [3.8, 4) is 0 Å². The number of amides is 1. The summed E-state index contributed by atoms with van der Waals surface area (Å²) in [6, 6.07) is 5.16. The molecular formula is C12H16N4O3S. The number of carbonyl (C=O) groups excluding carboxylic acids is 1. The summed E-state index contributed by atoms with van der Waals surface area (Å²) in [4.78, 5) is 12.9. The van der Waals surface area contributed by atoms with Crippen molar-refractivity contribution >= 4 is 21.4 Å². The van der Waals surface area contributed by atoms with Gasteiger partial charge in [-0.25, -0.2) is 8.42 Å². The lowest BCUT2D eigenvalue weighted by atomic mass is 10.3. The van der Waals surface area contributed by atoms with Gasteiger partial charge in [0.15, 0.2) is 5.65 Å². The molecule has 0 atom stereocenters. The summed E-state index contributed by atoms with van der Waals surface area (Å²) in [5, 5.41) is 7.47. The Bertz CT molecular complexity index is 721. The molecule has 0 bridgehead atoms. The van der Waals surface area contributed by atoms with E-state index in [-0.39, 0.29) is 29.7 Å². The summed E-state index contributed by atoms with van der Waals surface area (Å²) >= 11 is 0. The molecule has 0 spiro atoms. The molecule has 8 heteroatoms. The fourth-order valence-electron chi connectivity index (χ4n) is 1.76. The summed E-state index contributed by atoms with van der Waals surface area (Å²) in [6.45, 7) is 0. The van der Waals surface area contributed by atoms with Crippen LogP contribution in [0.5, 0.6) is 0 Å². The van der Waals surface area contributed by atoms with Crippen LogP contribution >= 0.6 is 0 Å².